The Morgan fingerprint density at radius 2 is 1.32 bits per heavy atom. The van der Waals surface area contributed by atoms with Crippen molar-refractivity contribution in [3.8, 4) is 5.75 Å². The number of ketones is 1. The third-order valence-corrected chi connectivity index (χ3v) is 10.1. The van der Waals surface area contributed by atoms with Crippen molar-refractivity contribution in [2.24, 2.45) is 11.8 Å². The van der Waals surface area contributed by atoms with Crippen LogP contribution in [0.15, 0.2) is 78.9 Å². The van der Waals surface area contributed by atoms with Crippen LogP contribution in [0.5, 0.6) is 5.75 Å². The largest absolute Gasteiger partial charge is 0.423 e. The molecule has 1 heterocycles. The lowest BCUT2D eigenvalue weighted by Crippen LogP contribution is -2.52. The summed E-state index contributed by atoms with van der Waals surface area (Å²) >= 11 is 13.1. The maximum absolute atomic E-state index is 13.7. The molecule has 0 bridgehead atoms. The maximum Gasteiger partial charge on any atom is 0.343 e. The van der Waals surface area contributed by atoms with Gasteiger partial charge in [0.2, 0.25) is 0 Å². The molecule has 3 amide bonds. The summed E-state index contributed by atoms with van der Waals surface area (Å²) < 4.78 is 5.37. The molecule has 3 aromatic carbocycles. The lowest BCUT2D eigenvalue weighted by Gasteiger charge is -2.30. The lowest BCUT2D eigenvalue weighted by atomic mass is 9.81. The van der Waals surface area contributed by atoms with Crippen LogP contribution in [0.2, 0.25) is 5.02 Å². The minimum Gasteiger partial charge on any atom is -0.423 e. The van der Waals surface area contributed by atoms with Gasteiger partial charge >= 0.3 is 5.97 Å². The summed E-state index contributed by atoms with van der Waals surface area (Å²) in [5.41, 5.74) is 0.746. The average Bonchev–Trinajstić information content (AvgIpc) is 3.21. The highest BCUT2D eigenvalue weighted by Crippen LogP contribution is 2.43. The van der Waals surface area contributed by atoms with Crippen molar-refractivity contribution < 1.29 is 28.7 Å². The number of esters is 1. The number of carbonyl (C=O) groups excluding carboxylic acids is 5. The van der Waals surface area contributed by atoms with Gasteiger partial charge in [-0.3, -0.25) is 19.2 Å². The van der Waals surface area contributed by atoms with Crippen LogP contribution < -0.4 is 4.74 Å². The van der Waals surface area contributed by atoms with E-state index in [4.69, 9.17) is 16.3 Å². The first-order chi connectivity index (χ1) is 19.6. The smallest absolute Gasteiger partial charge is 0.343 e. The van der Waals surface area contributed by atoms with E-state index < -0.39 is 47.9 Å². The Bertz CT molecular complexity index is 1470. The number of imide groups is 1. The zero-order valence-corrected chi connectivity index (χ0v) is 25.3. The van der Waals surface area contributed by atoms with Crippen LogP contribution >= 0.6 is 43.5 Å². The molecule has 0 radical (unpaired) electrons. The molecule has 1 aliphatic heterocycles. The Morgan fingerprint density at radius 1 is 0.780 bits per heavy atom. The number of nitrogens with zero attached hydrogens (tertiary/aromatic N) is 2. The molecule has 0 unspecified atom stereocenters. The normalized spacial score (nSPS) is 21.8. The fourth-order valence-corrected chi connectivity index (χ4v) is 6.33. The van der Waals surface area contributed by atoms with Crippen molar-refractivity contribution in [2.75, 3.05) is 6.54 Å². The van der Waals surface area contributed by atoms with E-state index in [2.05, 4.69) is 31.9 Å². The minimum absolute atomic E-state index is 0.0167. The van der Waals surface area contributed by atoms with Crippen LogP contribution in [0.1, 0.15) is 43.9 Å². The molecular weight excluding hydrogens is 680 g/mol. The summed E-state index contributed by atoms with van der Waals surface area (Å²) in [6.07, 6.45) is 0.837. The van der Waals surface area contributed by atoms with Gasteiger partial charge in [0, 0.05) is 25.8 Å². The summed E-state index contributed by atoms with van der Waals surface area (Å²) in [4.78, 5) is 66.4. The van der Waals surface area contributed by atoms with Gasteiger partial charge in [0.1, 0.15) is 12.3 Å². The van der Waals surface area contributed by atoms with E-state index in [1.54, 1.807) is 30.3 Å². The molecule has 5 rings (SSSR count). The number of benzene rings is 3. The highest BCUT2D eigenvalue weighted by atomic mass is 79.9. The van der Waals surface area contributed by atoms with Gasteiger partial charge < -0.3 is 4.74 Å². The summed E-state index contributed by atoms with van der Waals surface area (Å²) in [7, 11) is 0. The predicted octanol–water partition coefficient (Wildman–Crippen LogP) is 5.72. The Hall–Kier alpha value is -3.34. The Labute approximate surface area is 257 Å². The molecule has 210 valence electrons. The first kappa shape index (κ1) is 29.2. The third kappa shape index (κ3) is 6.14. The maximum atomic E-state index is 13.7. The number of fused-ring (bicyclic) bond motifs is 1. The SMILES string of the molecule is O=C(CN(C(=O)c1ccc(Cl)cc1)N1C(=O)[C@H]2C[C@@H](Br)[C@@H](Br)C[C@H]2C1=O)c1ccc(OC(=O)c2ccccc2)cc1. The van der Waals surface area contributed by atoms with Crippen molar-refractivity contribution in [2.45, 2.75) is 22.5 Å². The monoisotopic (exact) mass is 700 g/mol. The molecule has 2 aliphatic rings. The van der Waals surface area contributed by atoms with E-state index in [0.717, 1.165) is 10.0 Å². The van der Waals surface area contributed by atoms with Gasteiger partial charge in [-0.05, 0) is 73.5 Å². The van der Waals surface area contributed by atoms with E-state index in [1.165, 1.54) is 48.5 Å². The van der Waals surface area contributed by atoms with Crippen molar-refractivity contribution in [1.29, 1.82) is 0 Å². The van der Waals surface area contributed by atoms with Crippen LogP contribution in [0.25, 0.3) is 0 Å². The minimum atomic E-state index is -0.686. The van der Waals surface area contributed by atoms with Gasteiger partial charge in [0.05, 0.1) is 17.4 Å². The van der Waals surface area contributed by atoms with Crippen LogP contribution in [0, 0.1) is 11.8 Å². The fourth-order valence-electron chi connectivity index (χ4n) is 4.97. The van der Waals surface area contributed by atoms with Gasteiger partial charge in [-0.1, -0.05) is 61.7 Å². The molecule has 1 saturated heterocycles. The number of hydrogen-bond acceptors (Lipinski definition) is 6. The number of alkyl halides is 2. The molecule has 1 aliphatic carbocycles. The number of carbonyl (C=O) groups is 5. The first-order valence-electron chi connectivity index (χ1n) is 12.8. The third-order valence-electron chi connectivity index (χ3n) is 7.15. The molecule has 1 saturated carbocycles. The number of hydrogen-bond donors (Lipinski definition) is 0. The predicted molar refractivity (Wildman–Crippen MR) is 158 cm³/mol. The zero-order valence-electron chi connectivity index (χ0n) is 21.4. The number of hydrazine groups is 1. The fraction of sp³-hybridized carbons (Fsp3) is 0.233. The van der Waals surface area contributed by atoms with Crippen LogP contribution in [-0.2, 0) is 9.59 Å². The van der Waals surface area contributed by atoms with E-state index >= 15 is 0 Å². The topological polar surface area (TPSA) is 101 Å². The number of Topliss-reactive ketones (excluding diaryl/α,β-unsaturated/α-hetero) is 1. The lowest BCUT2D eigenvalue weighted by molar-refractivity contribution is -0.154. The van der Waals surface area contributed by atoms with E-state index in [-0.39, 0.29) is 26.5 Å². The second-order valence-electron chi connectivity index (χ2n) is 9.78. The summed E-state index contributed by atoms with van der Waals surface area (Å²) in [5.74, 6) is -3.75. The molecule has 4 atom stereocenters. The quantitative estimate of drug-likeness (QED) is 0.103. The van der Waals surface area contributed by atoms with Gasteiger partial charge in [-0.15, -0.1) is 0 Å². The molecule has 0 aromatic heterocycles. The second-order valence-corrected chi connectivity index (χ2v) is 12.6. The number of ether oxygens (including phenoxy) is 1. The zero-order chi connectivity index (χ0) is 29.3. The number of rotatable bonds is 7. The molecule has 0 N–H and O–H groups in total. The van der Waals surface area contributed by atoms with Gasteiger partial charge in [-0.2, -0.15) is 5.01 Å². The second kappa shape index (κ2) is 12.3. The standard InChI is InChI=1S/C30H23Br2ClN2O6/c31-24-14-22-23(15-25(24)32)29(39)35(28(22)38)34(27(37)18-6-10-20(33)11-7-18)16-26(36)17-8-12-21(13-9-17)41-30(40)19-4-2-1-3-5-19/h1-13,22-25H,14-16H2/t22-,23+,24+,25-. The molecule has 11 heteroatoms. The molecular formula is C30H23Br2ClN2O6. The Balaban J connectivity index is 1.38. The Morgan fingerprint density at radius 3 is 1.88 bits per heavy atom. The highest BCUT2D eigenvalue weighted by molar-refractivity contribution is 9.12. The molecule has 3 aromatic rings. The van der Waals surface area contributed by atoms with Gasteiger partial charge in [0.15, 0.2) is 5.78 Å². The van der Waals surface area contributed by atoms with E-state index in [0.29, 0.717) is 23.4 Å². The van der Waals surface area contributed by atoms with Gasteiger partial charge in [0.25, 0.3) is 17.7 Å². The first-order valence-corrected chi connectivity index (χ1v) is 15.0. The molecule has 0 spiro atoms. The Kier molecular flexibility index (Phi) is 8.72. The van der Waals surface area contributed by atoms with Crippen LogP contribution in [0.3, 0.4) is 0 Å². The number of amides is 3. The van der Waals surface area contributed by atoms with Crippen molar-refractivity contribution in [3.63, 3.8) is 0 Å². The van der Waals surface area contributed by atoms with E-state index in [1.807, 2.05) is 0 Å². The van der Waals surface area contributed by atoms with Crippen molar-refractivity contribution in [1.82, 2.24) is 10.0 Å². The molecule has 8 nitrogen and oxygen atoms in total. The molecule has 2 fully saturated rings. The highest BCUT2D eigenvalue weighted by Gasteiger charge is 2.54. The van der Waals surface area contributed by atoms with Crippen LogP contribution in [-0.4, -0.2) is 55.7 Å². The summed E-state index contributed by atoms with van der Waals surface area (Å²) in [6, 6.07) is 20.3. The van der Waals surface area contributed by atoms with Gasteiger partial charge in [-0.25, -0.2) is 9.80 Å². The van der Waals surface area contributed by atoms with Crippen molar-refractivity contribution >= 4 is 72.9 Å². The van der Waals surface area contributed by atoms with E-state index in [9.17, 15) is 24.0 Å². The van der Waals surface area contributed by atoms with Crippen molar-refractivity contribution in [3.05, 3.63) is 101 Å². The molecule has 41 heavy (non-hydrogen) atoms. The summed E-state index contributed by atoms with van der Waals surface area (Å²) in [6.45, 7) is -0.559. The number of halogens is 3. The summed E-state index contributed by atoms with van der Waals surface area (Å²) in [5, 5.41) is 2.17. The van der Waals surface area contributed by atoms with Crippen LogP contribution in [0.4, 0.5) is 0 Å². The average molecular weight is 703 g/mol.